The summed E-state index contributed by atoms with van der Waals surface area (Å²) in [5.41, 5.74) is 8.58. The number of furan rings is 1. The second-order valence-electron chi connectivity index (χ2n) is 4.07. The third-order valence-corrected chi connectivity index (χ3v) is 3.05. The quantitative estimate of drug-likeness (QED) is 0.317. The third kappa shape index (κ3) is 1.78. The first-order valence-corrected chi connectivity index (χ1v) is 5.85. The molecule has 106 valence electrons. The van der Waals surface area contributed by atoms with Gasteiger partial charge in [-0.05, 0) is 11.6 Å². The van der Waals surface area contributed by atoms with E-state index in [9.17, 15) is 4.79 Å². The maximum Gasteiger partial charge on any atom is 0.336 e. The summed E-state index contributed by atoms with van der Waals surface area (Å²) in [6.07, 6.45) is 1.46. The molecule has 2 aromatic heterocycles. The van der Waals surface area contributed by atoms with Crippen LogP contribution in [0.4, 0.5) is 5.69 Å². The zero-order chi connectivity index (χ0) is 15.0. The van der Waals surface area contributed by atoms with E-state index in [-0.39, 0.29) is 17.0 Å². The molecule has 0 radical (unpaired) electrons. The van der Waals surface area contributed by atoms with E-state index in [1.54, 1.807) is 6.07 Å². The topological polar surface area (TPSA) is 111 Å². The number of rotatable bonds is 3. The number of hydrogen-bond acceptors (Lipinski definition) is 6. The Morgan fingerprint density at radius 1 is 1.24 bits per heavy atom. The number of nitrogens with zero attached hydrogens (tertiary/aromatic N) is 3. The maximum atomic E-state index is 11.6. The lowest BCUT2D eigenvalue weighted by atomic mass is 10.1. The summed E-state index contributed by atoms with van der Waals surface area (Å²) in [6.45, 7) is 0. The molecule has 0 aliphatic heterocycles. The van der Waals surface area contributed by atoms with E-state index in [0.29, 0.717) is 22.1 Å². The fourth-order valence-corrected chi connectivity index (χ4v) is 2.29. The molecule has 0 N–H and O–H groups in total. The summed E-state index contributed by atoms with van der Waals surface area (Å²) in [5.74, 6) is 0.610. The molecule has 0 bridgehead atoms. The Morgan fingerprint density at radius 2 is 2.00 bits per heavy atom. The van der Waals surface area contributed by atoms with Gasteiger partial charge < -0.3 is 18.3 Å². The predicted molar refractivity (Wildman–Crippen MR) is 74.2 cm³/mol. The van der Waals surface area contributed by atoms with E-state index < -0.39 is 5.63 Å². The van der Waals surface area contributed by atoms with Crippen molar-refractivity contribution in [2.75, 3.05) is 14.2 Å². The van der Waals surface area contributed by atoms with E-state index in [1.807, 2.05) is 0 Å². The van der Waals surface area contributed by atoms with Crippen LogP contribution in [0, 0.1) is 0 Å². The van der Waals surface area contributed by atoms with Gasteiger partial charge in [0, 0.05) is 11.0 Å². The minimum Gasteiger partial charge on any atom is -0.495 e. The van der Waals surface area contributed by atoms with Gasteiger partial charge in [-0.3, -0.25) is 0 Å². The Balaban J connectivity index is 2.68. The van der Waals surface area contributed by atoms with Crippen LogP contribution in [0.3, 0.4) is 0 Å². The van der Waals surface area contributed by atoms with Gasteiger partial charge in [0.15, 0.2) is 11.2 Å². The number of fused-ring (bicyclic) bond motifs is 2. The van der Waals surface area contributed by atoms with Crippen molar-refractivity contribution in [1.29, 1.82) is 0 Å². The van der Waals surface area contributed by atoms with E-state index >= 15 is 0 Å². The zero-order valence-electron chi connectivity index (χ0n) is 11.1. The van der Waals surface area contributed by atoms with Crippen molar-refractivity contribution >= 4 is 27.6 Å². The molecule has 3 rings (SSSR count). The molecule has 2 heterocycles. The number of hydrogen-bond donors (Lipinski definition) is 0. The lowest BCUT2D eigenvalue weighted by Crippen LogP contribution is -1.99. The van der Waals surface area contributed by atoms with Gasteiger partial charge in [-0.2, -0.15) is 0 Å². The van der Waals surface area contributed by atoms with Gasteiger partial charge in [0.1, 0.15) is 5.75 Å². The first kappa shape index (κ1) is 12.9. The number of azide groups is 1. The maximum absolute atomic E-state index is 11.6. The summed E-state index contributed by atoms with van der Waals surface area (Å²) < 4.78 is 21.2. The molecule has 0 spiro atoms. The Hall–Kier alpha value is -3.12. The van der Waals surface area contributed by atoms with E-state index in [2.05, 4.69) is 10.0 Å². The van der Waals surface area contributed by atoms with Crippen molar-refractivity contribution in [2.45, 2.75) is 0 Å². The minimum absolute atomic E-state index is 0.0991. The molecular weight excluding hydrogens is 278 g/mol. The van der Waals surface area contributed by atoms with Gasteiger partial charge >= 0.3 is 5.63 Å². The number of ether oxygens (including phenoxy) is 2. The smallest absolute Gasteiger partial charge is 0.336 e. The van der Waals surface area contributed by atoms with Crippen molar-refractivity contribution in [2.24, 2.45) is 5.11 Å². The zero-order valence-corrected chi connectivity index (χ0v) is 11.1. The van der Waals surface area contributed by atoms with Crippen molar-refractivity contribution in [3.8, 4) is 11.5 Å². The molecule has 0 unspecified atom stereocenters. The highest BCUT2D eigenvalue weighted by atomic mass is 16.5. The monoisotopic (exact) mass is 287 g/mol. The molecule has 0 aliphatic carbocycles. The lowest BCUT2D eigenvalue weighted by molar-refractivity contribution is 0.398. The van der Waals surface area contributed by atoms with Crippen LogP contribution in [0.5, 0.6) is 11.5 Å². The average Bonchev–Trinajstić information content (AvgIpc) is 2.94. The Bertz CT molecular complexity index is 950. The highest BCUT2D eigenvalue weighted by molar-refractivity contribution is 6.10. The molecule has 8 nitrogen and oxygen atoms in total. The molecular formula is C13H9N3O5. The van der Waals surface area contributed by atoms with Crippen molar-refractivity contribution in [3.05, 3.63) is 39.3 Å². The second-order valence-corrected chi connectivity index (χ2v) is 4.07. The largest absolute Gasteiger partial charge is 0.495 e. The normalized spacial score (nSPS) is 10.6. The highest BCUT2D eigenvalue weighted by Gasteiger charge is 2.22. The van der Waals surface area contributed by atoms with E-state index in [0.717, 1.165) is 6.07 Å². The Labute approximate surface area is 117 Å². The fourth-order valence-electron chi connectivity index (χ4n) is 2.29. The number of benzene rings is 1. The van der Waals surface area contributed by atoms with Crippen molar-refractivity contribution in [1.82, 2.24) is 0 Å². The molecule has 8 heteroatoms. The number of methoxy groups -OCH3 is 2. The van der Waals surface area contributed by atoms with Crippen LogP contribution in [-0.4, -0.2) is 14.2 Å². The highest BCUT2D eigenvalue weighted by Crippen LogP contribution is 2.45. The summed E-state index contributed by atoms with van der Waals surface area (Å²) in [5, 5.41) is 4.49. The first-order valence-electron chi connectivity index (χ1n) is 5.85. The van der Waals surface area contributed by atoms with Crippen molar-refractivity contribution < 1.29 is 18.3 Å². The van der Waals surface area contributed by atoms with E-state index in [4.69, 9.17) is 23.8 Å². The second kappa shape index (κ2) is 4.77. The van der Waals surface area contributed by atoms with Crippen LogP contribution in [0.1, 0.15) is 0 Å². The summed E-state index contributed by atoms with van der Waals surface area (Å²) in [6, 6.07) is 2.77. The Kier molecular flexibility index (Phi) is 2.93. The lowest BCUT2D eigenvalue weighted by Gasteiger charge is -2.11. The Morgan fingerprint density at radius 3 is 2.67 bits per heavy atom. The fraction of sp³-hybridized carbons (Fsp3) is 0.154. The average molecular weight is 287 g/mol. The standard InChI is InChI=1S/C13H9N3O5/c1-18-10-6-3-4-20-11(6)13(19-2)12-9(10)7(15-16-14)5-8(17)21-12/h3-5H,1-2H3. The first-order chi connectivity index (χ1) is 10.2. The predicted octanol–water partition coefficient (Wildman–Crippen LogP) is 3.50. The van der Waals surface area contributed by atoms with Crippen molar-refractivity contribution in [3.63, 3.8) is 0 Å². The van der Waals surface area contributed by atoms with Crippen LogP contribution in [0.15, 0.2) is 37.1 Å². The summed E-state index contributed by atoms with van der Waals surface area (Å²) in [7, 11) is 2.88. The molecule has 0 amide bonds. The molecule has 0 aliphatic rings. The van der Waals surface area contributed by atoms with Gasteiger partial charge in [-0.25, -0.2) is 4.79 Å². The van der Waals surface area contributed by atoms with E-state index in [1.165, 1.54) is 20.5 Å². The van der Waals surface area contributed by atoms with Crippen LogP contribution >= 0.6 is 0 Å². The van der Waals surface area contributed by atoms with Crippen LogP contribution in [0.25, 0.3) is 32.4 Å². The van der Waals surface area contributed by atoms with Gasteiger partial charge in [0.25, 0.3) is 0 Å². The minimum atomic E-state index is -0.670. The molecule has 0 fully saturated rings. The van der Waals surface area contributed by atoms with Gasteiger partial charge in [-0.1, -0.05) is 5.11 Å². The molecule has 21 heavy (non-hydrogen) atoms. The molecule has 0 saturated heterocycles. The third-order valence-electron chi connectivity index (χ3n) is 3.05. The van der Waals surface area contributed by atoms with Gasteiger partial charge in [-0.15, -0.1) is 0 Å². The molecule has 0 atom stereocenters. The van der Waals surface area contributed by atoms with Gasteiger partial charge in [0.05, 0.1) is 36.9 Å². The van der Waals surface area contributed by atoms with Crippen LogP contribution in [0.2, 0.25) is 0 Å². The van der Waals surface area contributed by atoms with Crippen LogP contribution in [-0.2, 0) is 0 Å². The molecule has 0 saturated carbocycles. The molecule has 3 aromatic rings. The summed E-state index contributed by atoms with van der Waals surface area (Å²) >= 11 is 0. The summed E-state index contributed by atoms with van der Waals surface area (Å²) in [4.78, 5) is 14.4. The SMILES string of the molecule is COc1c2occc2c(OC)c2c(N=[N+]=[N-])cc(=O)oc12. The van der Waals surface area contributed by atoms with Crippen LogP contribution < -0.4 is 15.1 Å². The molecule has 1 aromatic carbocycles. The van der Waals surface area contributed by atoms with Gasteiger partial charge in [0.2, 0.25) is 5.75 Å².